The number of carboxylic acid groups (broad SMARTS) is 1. The predicted octanol–water partition coefficient (Wildman–Crippen LogP) is 0.741. The van der Waals surface area contributed by atoms with E-state index < -0.39 is 18.0 Å². The highest BCUT2D eigenvalue weighted by Gasteiger charge is 2.20. The van der Waals surface area contributed by atoms with E-state index in [4.69, 9.17) is 5.11 Å². The largest absolute Gasteiger partial charge is 0.479 e. The predicted molar refractivity (Wildman–Crippen MR) is 54.4 cm³/mol. The van der Waals surface area contributed by atoms with Gasteiger partial charge in [0.15, 0.2) is 6.04 Å². The van der Waals surface area contributed by atoms with Crippen molar-refractivity contribution in [1.82, 2.24) is 10.6 Å². The van der Waals surface area contributed by atoms with Crippen LogP contribution in [-0.2, 0) is 4.79 Å². The van der Waals surface area contributed by atoms with Crippen molar-refractivity contribution in [2.24, 2.45) is 0 Å². The molecule has 0 radical (unpaired) electrons. The van der Waals surface area contributed by atoms with Gasteiger partial charge in [0.25, 0.3) is 0 Å². The fourth-order valence-electron chi connectivity index (χ4n) is 1.14. The van der Waals surface area contributed by atoms with E-state index in [-0.39, 0.29) is 0 Å². The van der Waals surface area contributed by atoms with Crippen LogP contribution in [0.1, 0.15) is 11.6 Å². The summed E-state index contributed by atoms with van der Waals surface area (Å²) in [5.41, 5.74) is 0.536. The van der Waals surface area contributed by atoms with Crippen LogP contribution < -0.4 is 10.6 Å². The van der Waals surface area contributed by atoms with Crippen LogP contribution >= 0.6 is 0 Å². The summed E-state index contributed by atoms with van der Waals surface area (Å²) in [7, 11) is 1.43. The van der Waals surface area contributed by atoms with Gasteiger partial charge in [-0.3, -0.25) is 0 Å². The zero-order valence-corrected chi connectivity index (χ0v) is 8.23. The first-order valence-corrected chi connectivity index (χ1v) is 4.41. The Morgan fingerprint density at radius 2 is 1.87 bits per heavy atom. The zero-order chi connectivity index (χ0) is 11.3. The molecule has 5 heteroatoms. The Balaban J connectivity index is 2.84. The Labute approximate surface area is 87.1 Å². The van der Waals surface area contributed by atoms with Crippen LogP contribution in [0.25, 0.3) is 0 Å². The molecule has 0 heterocycles. The minimum atomic E-state index is -1.09. The van der Waals surface area contributed by atoms with E-state index >= 15 is 0 Å². The zero-order valence-electron chi connectivity index (χ0n) is 8.23. The van der Waals surface area contributed by atoms with Gasteiger partial charge in [-0.25, -0.2) is 9.59 Å². The van der Waals surface area contributed by atoms with Gasteiger partial charge in [-0.15, -0.1) is 0 Å². The molecule has 2 amide bonds. The molecular formula is C10H12N2O3. The molecule has 0 aliphatic heterocycles. The summed E-state index contributed by atoms with van der Waals surface area (Å²) in [6.45, 7) is 0. The highest BCUT2D eigenvalue weighted by molar-refractivity contribution is 5.83. The number of carbonyl (C=O) groups is 2. The third-order valence-corrected chi connectivity index (χ3v) is 1.88. The molecule has 0 spiro atoms. The van der Waals surface area contributed by atoms with Crippen LogP contribution in [0.5, 0.6) is 0 Å². The molecule has 0 saturated carbocycles. The Morgan fingerprint density at radius 1 is 1.27 bits per heavy atom. The number of carbonyl (C=O) groups excluding carboxylic acids is 1. The van der Waals surface area contributed by atoms with Gasteiger partial charge in [-0.2, -0.15) is 0 Å². The summed E-state index contributed by atoms with van der Waals surface area (Å²) in [6.07, 6.45) is 0. The lowest BCUT2D eigenvalue weighted by molar-refractivity contribution is -0.139. The average Bonchev–Trinajstić information content (AvgIpc) is 2.26. The molecule has 1 unspecified atom stereocenters. The second kappa shape index (κ2) is 4.99. The van der Waals surface area contributed by atoms with E-state index in [1.54, 1.807) is 30.3 Å². The van der Waals surface area contributed by atoms with Gasteiger partial charge in [0.2, 0.25) is 0 Å². The standard InChI is InChI=1S/C10H12N2O3/c1-11-10(15)12-8(9(13)14)7-5-3-2-4-6-7/h2-6,8H,1H3,(H,13,14)(H2,11,12,15). The number of benzene rings is 1. The minimum absolute atomic E-state index is 0.522. The third-order valence-electron chi connectivity index (χ3n) is 1.88. The maximum Gasteiger partial charge on any atom is 0.330 e. The van der Waals surface area contributed by atoms with Gasteiger partial charge in [0.1, 0.15) is 0 Å². The number of rotatable bonds is 3. The van der Waals surface area contributed by atoms with Gasteiger partial charge < -0.3 is 15.7 Å². The van der Waals surface area contributed by atoms with E-state index in [9.17, 15) is 9.59 Å². The van der Waals surface area contributed by atoms with Gasteiger partial charge in [0.05, 0.1) is 0 Å². The maximum absolute atomic E-state index is 11.0. The van der Waals surface area contributed by atoms with Crippen molar-refractivity contribution in [3.63, 3.8) is 0 Å². The van der Waals surface area contributed by atoms with Crippen LogP contribution in [0.2, 0.25) is 0 Å². The molecule has 0 aliphatic rings. The molecule has 0 saturated heterocycles. The van der Waals surface area contributed by atoms with Crippen molar-refractivity contribution in [3.8, 4) is 0 Å². The third kappa shape index (κ3) is 2.98. The Morgan fingerprint density at radius 3 is 2.33 bits per heavy atom. The molecule has 80 valence electrons. The van der Waals surface area contributed by atoms with E-state index in [0.717, 1.165) is 0 Å². The minimum Gasteiger partial charge on any atom is -0.479 e. The Bertz CT molecular complexity index is 351. The lowest BCUT2D eigenvalue weighted by Gasteiger charge is -2.14. The molecular weight excluding hydrogens is 196 g/mol. The van der Waals surface area contributed by atoms with Crippen LogP contribution in [0.3, 0.4) is 0 Å². The molecule has 1 rings (SSSR count). The average molecular weight is 208 g/mol. The lowest BCUT2D eigenvalue weighted by atomic mass is 10.1. The van der Waals surface area contributed by atoms with Crippen molar-refractivity contribution in [2.75, 3.05) is 7.05 Å². The quantitative estimate of drug-likeness (QED) is 0.685. The highest BCUT2D eigenvalue weighted by atomic mass is 16.4. The van der Waals surface area contributed by atoms with Crippen molar-refractivity contribution in [3.05, 3.63) is 35.9 Å². The number of amides is 2. The Hall–Kier alpha value is -2.04. The number of carboxylic acids is 1. The molecule has 15 heavy (non-hydrogen) atoms. The fraction of sp³-hybridized carbons (Fsp3) is 0.200. The summed E-state index contributed by atoms with van der Waals surface area (Å²) >= 11 is 0. The molecule has 0 fully saturated rings. The topological polar surface area (TPSA) is 78.4 Å². The fourth-order valence-corrected chi connectivity index (χ4v) is 1.14. The van der Waals surface area contributed by atoms with E-state index in [0.29, 0.717) is 5.56 Å². The van der Waals surface area contributed by atoms with Crippen molar-refractivity contribution in [2.45, 2.75) is 6.04 Å². The number of hydrogen-bond donors (Lipinski definition) is 3. The van der Waals surface area contributed by atoms with Crippen molar-refractivity contribution >= 4 is 12.0 Å². The van der Waals surface area contributed by atoms with E-state index in [1.807, 2.05) is 0 Å². The van der Waals surface area contributed by atoms with Gasteiger partial charge in [-0.05, 0) is 5.56 Å². The van der Waals surface area contributed by atoms with E-state index in [1.165, 1.54) is 7.05 Å². The molecule has 1 atom stereocenters. The molecule has 0 aromatic heterocycles. The SMILES string of the molecule is CNC(=O)NC(C(=O)O)c1ccccc1. The van der Waals surface area contributed by atoms with Gasteiger partial charge >= 0.3 is 12.0 Å². The summed E-state index contributed by atoms with van der Waals surface area (Å²) in [5.74, 6) is -1.09. The molecule has 1 aromatic rings. The summed E-state index contributed by atoms with van der Waals surface area (Å²) in [5, 5.41) is 13.6. The van der Waals surface area contributed by atoms with Crippen LogP contribution in [-0.4, -0.2) is 24.2 Å². The number of hydrogen-bond acceptors (Lipinski definition) is 2. The second-order valence-electron chi connectivity index (χ2n) is 2.91. The molecule has 0 bridgehead atoms. The second-order valence-corrected chi connectivity index (χ2v) is 2.91. The van der Waals surface area contributed by atoms with Crippen LogP contribution in [0.4, 0.5) is 4.79 Å². The van der Waals surface area contributed by atoms with Crippen LogP contribution in [0, 0.1) is 0 Å². The summed E-state index contributed by atoms with van der Waals surface area (Å²) < 4.78 is 0. The highest BCUT2D eigenvalue weighted by Crippen LogP contribution is 2.12. The molecule has 0 aliphatic carbocycles. The maximum atomic E-state index is 11.0. The lowest BCUT2D eigenvalue weighted by Crippen LogP contribution is -2.39. The first kappa shape index (κ1) is 11.0. The Kier molecular flexibility index (Phi) is 3.68. The number of urea groups is 1. The first-order chi connectivity index (χ1) is 7.15. The van der Waals surface area contributed by atoms with Crippen molar-refractivity contribution in [1.29, 1.82) is 0 Å². The number of aliphatic carboxylic acids is 1. The van der Waals surface area contributed by atoms with Crippen LogP contribution in [0.15, 0.2) is 30.3 Å². The number of nitrogens with one attached hydrogen (secondary N) is 2. The first-order valence-electron chi connectivity index (χ1n) is 4.41. The summed E-state index contributed by atoms with van der Waals surface area (Å²) in [4.78, 5) is 21.9. The molecule has 5 nitrogen and oxygen atoms in total. The van der Waals surface area contributed by atoms with Gasteiger partial charge in [-0.1, -0.05) is 30.3 Å². The summed E-state index contributed by atoms with van der Waals surface area (Å²) in [6, 6.07) is 6.97. The molecule has 1 aromatic carbocycles. The monoisotopic (exact) mass is 208 g/mol. The van der Waals surface area contributed by atoms with Gasteiger partial charge in [0, 0.05) is 7.05 Å². The van der Waals surface area contributed by atoms with Crippen molar-refractivity contribution < 1.29 is 14.7 Å². The van der Waals surface area contributed by atoms with E-state index in [2.05, 4.69) is 10.6 Å². The normalized spacial score (nSPS) is 11.5. The smallest absolute Gasteiger partial charge is 0.330 e. The molecule has 3 N–H and O–H groups in total.